The minimum Gasteiger partial charge on any atom is -0.380 e. The van der Waals surface area contributed by atoms with Crippen molar-refractivity contribution in [3.8, 4) is 0 Å². The highest BCUT2D eigenvalue weighted by Crippen LogP contribution is 2.39. The lowest BCUT2D eigenvalue weighted by atomic mass is 9.72. The first kappa shape index (κ1) is 19.6. The van der Waals surface area contributed by atoms with Gasteiger partial charge in [-0.15, -0.1) is 0 Å². The third-order valence-corrected chi connectivity index (χ3v) is 7.04. The summed E-state index contributed by atoms with van der Waals surface area (Å²) in [6.07, 6.45) is 5.60. The van der Waals surface area contributed by atoms with Crippen LogP contribution < -0.4 is 0 Å². The Morgan fingerprint density at radius 3 is 1.76 bits per heavy atom. The molecule has 4 aliphatic rings. The Hall–Kier alpha value is -0.160. The van der Waals surface area contributed by atoms with Crippen LogP contribution in [0.2, 0.25) is 0 Å². The third kappa shape index (κ3) is 4.58. The first-order chi connectivity index (χ1) is 11.8. The van der Waals surface area contributed by atoms with Crippen LogP contribution in [-0.2, 0) is 4.74 Å². The van der Waals surface area contributed by atoms with E-state index >= 15 is 0 Å². The quantitative estimate of drug-likeness (QED) is 0.761. The van der Waals surface area contributed by atoms with Gasteiger partial charge < -0.3 is 19.4 Å². The van der Waals surface area contributed by atoms with Gasteiger partial charge in [0.05, 0.1) is 13.2 Å². The molecule has 0 atom stereocenters. The Labute approximate surface area is 155 Å². The van der Waals surface area contributed by atoms with Gasteiger partial charge in [0, 0.05) is 37.1 Å². The van der Waals surface area contributed by atoms with Crippen LogP contribution in [0.25, 0.3) is 0 Å². The molecule has 4 nitrogen and oxygen atoms in total. The lowest BCUT2D eigenvalue weighted by Gasteiger charge is -2.53. The van der Waals surface area contributed by atoms with Crippen LogP contribution in [0.4, 0.5) is 0 Å². The number of hydrogen-bond donors (Lipinski definition) is 0. The van der Waals surface area contributed by atoms with E-state index in [0.717, 1.165) is 24.7 Å². The molecule has 4 aliphatic heterocycles. The van der Waals surface area contributed by atoms with Crippen molar-refractivity contribution in [1.82, 2.24) is 14.7 Å². The van der Waals surface area contributed by atoms with Crippen molar-refractivity contribution in [3.05, 3.63) is 0 Å². The molecule has 4 saturated heterocycles. The molecular weight excluding hydrogens is 310 g/mol. The van der Waals surface area contributed by atoms with Crippen molar-refractivity contribution in [1.29, 1.82) is 0 Å². The molecule has 0 aliphatic carbocycles. The molecule has 4 rings (SSSR count). The van der Waals surface area contributed by atoms with Crippen molar-refractivity contribution >= 4 is 0 Å². The van der Waals surface area contributed by atoms with Gasteiger partial charge in [-0.25, -0.2) is 0 Å². The molecule has 146 valence electrons. The molecule has 4 heteroatoms. The second-order valence-electron chi connectivity index (χ2n) is 9.96. The van der Waals surface area contributed by atoms with Crippen LogP contribution in [0.3, 0.4) is 0 Å². The lowest BCUT2D eigenvalue weighted by Crippen LogP contribution is -2.59. The molecule has 0 bridgehead atoms. The molecule has 4 heterocycles. The molecule has 0 saturated carbocycles. The van der Waals surface area contributed by atoms with Crippen LogP contribution >= 0.6 is 0 Å². The number of nitrogens with zero attached hydrogens (tertiary/aromatic N) is 3. The number of likely N-dealkylation sites (tertiary alicyclic amines) is 3. The van der Waals surface area contributed by atoms with Crippen molar-refractivity contribution < 1.29 is 4.74 Å². The van der Waals surface area contributed by atoms with Gasteiger partial charge in [-0.05, 0) is 85.5 Å². The van der Waals surface area contributed by atoms with Gasteiger partial charge in [-0.2, -0.15) is 0 Å². The smallest absolute Gasteiger partial charge is 0.0557 e. The number of piperidine rings is 2. The predicted octanol–water partition coefficient (Wildman–Crippen LogP) is 2.93. The summed E-state index contributed by atoms with van der Waals surface area (Å²) in [6.45, 7) is 19.1. The van der Waals surface area contributed by atoms with Crippen molar-refractivity contribution in [2.75, 3.05) is 59.5 Å². The zero-order valence-electron chi connectivity index (χ0n) is 17.4. The van der Waals surface area contributed by atoms with Gasteiger partial charge in [0.25, 0.3) is 0 Å². The second kappa shape index (κ2) is 7.84. The summed E-state index contributed by atoms with van der Waals surface area (Å²) in [7, 11) is 2.24. The Kier molecular flexibility index (Phi) is 6.14. The minimum absolute atomic E-state index is 0.558. The van der Waals surface area contributed by atoms with Gasteiger partial charge in [-0.1, -0.05) is 0 Å². The standard InChI is InChI=1S/C11H22N2.C10H19NO/c1-10(2)13-6-4-11(5-7-13)8-12(3)9-11;1-9(2)11-5-3-4-10(6-11)7-12-8-10/h10H,4-9H2,1-3H3;9H,3-8H2,1-2H3. The number of hydrogen-bond acceptors (Lipinski definition) is 4. The number of rotatable bonds is 2. The monoisotopic (exact) mass is 351 g/mol. The van der Waals surface area contributed by atoms with E-state index in [4.69, 9.17) is 4.74 Å². The fraction of sp³-hybridized carbons (Fsp3) is 1.00. The van der Waals surface area contributed by atoms with E-state index in [-0.39, 0.29) is 0 Å². The Balaban J connectivity index is 0.000000146. The lowest BCUT2D eigenvalue weighted by molar-refractivity contribution is -0.147. The Morgan fingerprint density at radius 1 is 0.720 bits per heavy atom. The molecule has 0 aromatic carbocycles. The molecule has 0 aromatic rings. The second-order valence-corrected chi connectivity index (χ2v) is 9.96. The SMILES string of the molecule is CC(C)N1CCC2(CC1)CN(C)C2.CC(C)N1CCCC2(COC2)C1. The highest BCUT2D eigenvalue weighted by molar-refractivity contribution is 4.97. The highest BCUT2D eigenvalue weighted by atomic mass is 16.5. The molecular formula is C21H41N3O. The average molecular weight is 352 g/mol. The largest absolute Gasteiger partial charge is 0.380 e. The molecule has 25 heavy (non-hydrogen) atoms. The van der Waals surface area contributed by atoms with E-state index < -0.39 is 0 Å². The minimum atomic E-state index is 0.558. The van der Waals surface area contributed by atoms with Gasteiger partial charge in [0.15, 0.2) is 0 Å². The first-order valence-corrected chi connectivity index (χ1v) is 10.6. The highest BCUT2D eigenvalue weighted by Gasteiger charge is 2.43. The van der Waals surface area contributed by atoms with Crippen LogP contribution in [0, 0.1) is 10.8 Å². The Bertz CT molecular complexity index is 417. The molecule has 0 unspecified atom stereocenters. The van der Waals surface area contributed by atoms with E-state index in [1.54, 1.807) is 0 Å². The van der Waals surface area contributed by atoms with Crippen LogP contribution in [0.5, 0.6) is 0 Å². The summed E-state index contributed by atoms with van der Waals surface area (Å²) in [6, 6.07) is 1.46. The van der Waals surface area contributed by atoms with E-state index in [1.807, 2.05) is 0 Å². The third-order valence-electron chi connectivity index (χ3n) is 7.04. The summed E-state index contributed by atoms with van der Waals surface area (Å²) in [5, 5.41) is 0. The zero-order chi connectivity index (χ0) is 18.1. The van der Waals surface area contributed by atoms with Gasteiger partial charge >= 0.3 is 0 Å². The molecule has 0 aromatic heterocycles. The van der Waals surface area contributed by atoms with E-state index in [0.29, 0.717) is 11.5 Å². The van der Waals surface area contributed by atoms with Gasteiger partial charge in [-0.3, -0.25) is 0 Å². The summed E-state index contributed by atoms with van der Waals surface area (Å²) in [4.78, 5) is 7.65. The topological polar surface area (TPSA) is 19.0 Å². The first-order valence-electron chi connectivity index (χ1n) is 10.6. The average Bonchev–Trinajstić information content (AvgIpc) is 2.53. The van der Waals surface area contributed by atoms with E-state index in [2.05, 4.69) is 49.4 Å². The summed E-state index contributed by atoms with van der Waals surface area (Å²) in [5.41, 5.74) is 1.28. The van der Waals surface area contributed by atoms with E-state index in [9.17, 15) is 0 Å². The molecule has 0 amide bonds. The normalized spacial score (nSPS) is 29.4. The van der Waals surface area contributed by atoms with Gasteiger partial charge in [0.2, 0.25) is 0 Å². The molecule has 0 radical (unpaired) electrons. The maximum atomic E-state index is 5.32. The molecule has 2 spiro atoms. The summed E-state index contributed by atoms with van der Waals surface area (Å²) in [5.74, 6) is 0. The van der Waals surface area contributed by atoms with Gasteiger partial charge in [0.1, 0.15) is 0 Å². The Morgan fingerprint density at radius 2 is 1.32 bits per heavy atom. The van der Waals surface area contributed by atoms with Crippen LogP contribution in [-0.4, -0.2) is 86.3 Å². The number of ether oxygens (including phenoxy) is 1. The summed E-state index contributed by atoms with van der Waals surface area (Å²) < 4.78 is 5.32. The fourth-order valence-electron chi connectivity index (χ4n) is 5.24. The fourth-order valence-corrected chi connectivity index (χ4v) is 5.24. The molecule has 0 N–H and O–H groups in total. The van der Waals surface area contributed by atoms with Crippen molar-refractivity contribution in [3.63, 3.8) is 0 Å². The maximum Gasteiger partial charge on any atom is 0.0557 e. The van der Waals surface area contributed by atoms with E-state index in [1.165, 1.54) is 65.0 Å². The zero-order valence-corrected chi connectivity index (χ0v) is 17.4. The predicted molar refractivity (Wildman–Crippen MR) is 105 cm³/mol. The van der Waals surface area contributed by atoms with Crippen molar-refractivity contribution in [2.24, 2.45) is 10.8 Å². The maximum absolute atomic E-state index is 5.32. The molecule has 4 fully saturated rings. The summed E-state index contributed by atoms with van der Waals surface area (Å²) >= 11 is 0. The van der Waals surface area contributed by atoms with Crippen LogP contribution in [0.1, 0.15) is 53.4 Å². The van der Waals surface area contributed by atoms with Crippen LogP contribution in [0.15, 0.2) is 0 Å². The van der Waals surface area contributed by atoms with Crippen molar-refractivity contribution in [2.45, 2.75) is 65.5 Å².